The molecule has 0 aromatic rings. The molecule has 1 unspecified atom stereocenters. The molecule has 0 rings (SSSR count). The van der Waals surface area contributed by atoms with E-state index in [2.05, 4.69) is 11.9 Å². The van der Waals surface area contributed by atoms with Gasteiger partial charge in [0.05, 0.1) is 6.04 Å². The zero-order chi connectivity index (χ0) is 10.4. The Balaban J connectivity index is 4.17. The zero-order valence-corrected chi connectivity index (χ0v) is 8.46. The maximum absolute atomic E-state index is 11.1. The van der Waals surface area contributed by atoms with Crippen molar-refractivity contribution in [1.29, 1.82) is 0 Å². The molecule has 3 heteroatoms. The molecule has 0 saturated heterocycles. The normalized spacial score (nSPS) is 12.3. The van der Waals surface area contributed by atoms with Crippen LogP contribution in [0.4, 0.5) is 0 Å². The summed E-state index contributed by atoms with van der Waals surface area (Å²) in [6.07, 6.45) is 1.85. The molecule has 3 nitrogen and oxygen atoms in total. The summed E-state index contributed by atoms with van der Waals surface area (Å²) in [5.41, 5.74) is 0. The fourth-order valence-electron chi connectivity index (χ4n) is 1.03. The fraction of sp³-hybridized carbons (Fsp3) is 0.600. The Morgan fingerprint density at radius 2 is 2.00 bits per heavy atom. The molecular weight excluding hydrogens is 166 g/mol. The highest BCUT2D eigenvalue weighted by molar-refractivity contribution is 5.92. The second-order valence-corrected chi connectivity index (χ2v) is 3.51. The number of ketones is 1. The molecule has 0 saturated carbocycles. The van der Waals surface area contributed by atoms with Gasteiger partial charge in [0.1, 0.15) is 0 Å². The van der Waals surface area contributed by atoms with Gasteiger partial charge in [-0.05, 0) is 25.3 Å². The number of hydrogen-bond acceptors (Lipinski definition) is 2. The van der Waals surface area contributed by atoms with E-state index in [0.29, 0.717) is 12.3 Å². The third kappa shape index (κ3) is 5.17. The van der Waals surface area contributed by atoms with Crippen LogP contribution in [0.2, 0.25) is 0 Å². The van der Waals surface area contributed by atoms with E-state index in [-0.39, 0.29) is 17.7 Å². The van der Waals surface area contributed by atoms with Crippen molar-refractivity contribution in [3.63, 3.8) is 0 Å². The lowest BCUT2D eigenvalue weighted by Crippen LogP contribution is -2.39. The smallest absolute Gasteiger partial charge is 0.243 e. The Hall–Kier alpha value is -1.12. The number of carbonyl (C=O) groups excluding carboxylic acids is 2. The highest BCUT2D eigenvalue weighted by atomic mass is 16.2. The van der Waals surface area contributed by atoms with Crippen molar-refractivity contribution in [3.05, 3.63) is 12.7 Å². The summed E-state index contributed by atoms with van der Waals surface area (Å²) in [6, 6.07) is -0.370. The number of Topliss-reactive ketones (excluding diaryl/α,β-unsaturated/α-hetero) is 1. The van der Waals surface area contributed by atoms with Gasteiger partial charge < -0.3 is 5.32 Å². The van der Waals surface area contributed by atoms with Gasteiger partial charge in [0.15, 0.2) is 5.78 Å². The third-order valence-corrected chi connectivity index (χ3v) is 1.70. The van der Waals surface area contributed by atoms with Gasteiger partial charge in [-0.25, -0.2) is 0 Å². The van der Waals surface area contributed by atoms with E-state index in [1.165, 1.54) is 13.0 Å². The predicted octanol–water partition coefficient (Wildman–Crippen LogP) is 1.29. The average molecular weight is 183 g/mol. The molecule has 1 atom stereocenters. The van der Waals surface area contributed by atoms with Crippen LogP contribution >= 0.6 is 0 Å². The third-order valence-electron chi connectivity index (χ3n) is 1.70. The molecular formula is C10H17NO2. The lowest BCUT2D eigenvalue weighted by Gasteiger charge is -2.16. The van der Waals surface area contributed by atoms with Crippen molar-refractivity contribution in [3.8, 4) is 0 Å². The van der Waals surface area contributed by atoms with E-state index in [0.717, 1.165) is 0 Å². The Morgan fingerprint density at radius 1 is 1.46 bits per heavy atom. The topological polar surface area (TPSA) is 46.2 Å². The fourth-order valence-corrected chi connectivity index (χ4v) is 1.03. The number of rotatable bonds is 5. The van der Waals surface area contributed by atoms with Crippen molar-refractivity contribution in [2.75, 3.05) is 0 Å². The second-order valence-electron chi connectivity index (χ2n) is 3.51. The van der Waals surface area contributed by atoms with Crippen LogP contribution in [-0.4, -0.2) is 17.7 Å². The SMILES string of the molecule is C=CC(=O)NC(CC(C)C)C(C)=O. The average Bonchev–Trinajstić information content (AvgIpc) is 2.02. The van der Waals surface area contributed by atoms with Crippen LogP contribution < -0.4 is 5.32 Å². The molecule has 0 aliphatic heterocycles. The van der Waals surface area contributed by atoms with Gasteiger partial charge in [-0.2, -0.15) is 0 Å². The molecule has 74 valence electrons. The van der Waals surface area contributed by atoms with Crippen molar-refractivity contribution < 1.29 is 9.59 Å². The van der Waals surface area contributed by atoms with Crippen LogP contribution in [0.25, 0.3) is 0 Å². The molecule has 0 heterocycles. The lowest BCUT2D eigenvalue weighted by molar-refractivity contribution is -0.124. The lowest BCUT2D eigenvalue weighted by atomic mass is 10.0. The first-order valence-electron chi connectivity index (χ1n) is 4.40. The van der Waals surface area contributed by atoms with E-state index < -0.39 is 0 Å². The van der Waals surface area contributed by atoms with Crippen molar-refractivity contribution in [1.82, 2.24) is 5.32 Å². The summed E-state index contributed by atoms with van der Waals surface area (Å²) in [7, 11) is 0. The van der Waals surface area contributed by atoms with E-state index in [1.807, 2.05) is 13.8 Å². The summed E-state index contributed by atoms with van der Waals surface area (Å²) in [5.74, 6) is 0.0868. The minimum Gasteiger partial charge on any atom is -0.343 e. The van der Waals surface area contributed by atoms with E-state index >= 15 is 0 Å². The van der Waals surface area contributed by atoms with Crippen LogP contribution in [-0.2, 0) is 9.59 Å². The standard InChI is InChI=1S/C10H17NO2/c1-5-10(13)11-9(8(4)12)6-7(2)3/h5,7,9H,1,6H2,2-4H3,(H,11,13). The van der Waals surface area contributed by atoms with Gasteiger partial charge in [0.2, 0.25) is 5.91 Å². The van der Waals surface area contributed by atoms with Crippen LogP contribution in [0.3, 0.4) is 0 Å². The van der Waals surface area contributed by atoms with Gasteiger partial charge in [-0.15, -0.1) is 0 Å². The summed E-state index contributed by atoms with van der Waals surface area (Å²) in [6.45, 7) is 8.83. The minimum absolute atomic E-state index is 0.0103. The molecule has 0 aliphatic rings. The summed E-state index contributed by atoms with van der Waals surface area (Å²) >= 11 is 0. The zero-order valence-electron chi connectivity index (χ0n) is 8.46. The molecule has 0 aromatic heterocycles. The number of carbonyl (C=O) groups is 2. The van der Waals surface area contributed by atoms with Crippen LogP contribution in [0.15, 0.2) is 12.7 Å². The van der Waals surface area contributed by atoms with E-state index in [9.17, 15) is 9.59 Å². The predicted molar refractivity (Wildman–Crippen MR) is 52.3 cm³/mol. The van der Waals surface area contributed by atoms with Crippen LogP contribution in [0, 0.1) is 5.92 Å². The Bertz CT molecular complexity index is 209. The maximum Gasteiger partial charge on any atom is 0.243 e. The largest absolute Gasteiger partial charge is 0.343 e. The minimum atomic E-state index is -0.370. The molecule has 0 aliphatic carbocycles. The highest BCUT2D eigenvalue weighted by Gasteiger charge is 2.16. The maximum atomic E-state index is 11.1. The highest BCUT2D eigenvalue weighted by Crippen LogP contribution is 2.05. The van der Waals surface area contributed by atoms with Crippen LogP contribution in [0.5, 0.6) is 0 Å². The monoisotopic (exact) mass is 183 g/mol. The number of nitrogens with one attached hydrogen (secondary N) is 1. The summed E-state index contributed by atoms with van der Waals surface area (Å²) < 4.78 is 0. The van der Waals surface area contributed by atoms with Gasteiger partial charge in [0, 0.05) is 0 Å². The molecule has 1 amide bonds. The molecule has 0 bridgehead atoms. The Morgan fingerprint density at radius 3 is 2.31 bits per heavy atom. The first-order chi connectivity index (χ1) is 5.97. The molecule has 1 N–H and O–H groups in total. The second kappa shape index (κ2) is 5.51. The molecule has 0 radical (unpaired) electrons. The number of hydrogen-bond donors (Lipinski definition) is 1. The quantitative estimate of drug-likeness (QED) is 0.653. The van der Waals surface area contributed by atoms with Crippen molar-refractivity contribution >= 4 is 11.7 Å². The Labute approximate surface area is 79.2 Å². The first-order valence-corrected chi connectivity index (χ1v) is 4.40. The molecule has 0 spiro atoms. The first kappa shape index (κ1) is 11.9. The van der Waals surface area contributed by atoms with Gasteiger partial charge in [-0.1, -0.05) is 20.4 Å². The van der Waals surface area contributed by atoms with Gasteiger partial charge in [-0.3, -0.25) is 9.59 Å². The summed E-state index contributed by atoms with van der Waals surface area (Å²) in [4.78, 5) is 22.0. The van der Waals surface area contributed by atoms with Crippen molar-refractivity contribution in [2.24, 2.45) is 5.92 Å². The Kier molecular flexibility index (Phi) is 5.04. The van der Waals surface area contributed by atoms with E-state index in [1.54, 1.807) is 0 Å². The van der Waals surface area contributed by atoms with Crippen molar-refractivity contribution in [2.45, 2.75) is 33.2 Å². The number of amides is 1. The van der Waals surface area contributed by atoms with E-state index in [4.69, 9.17) is 0 Å². The molecule has 13 heavy (non-hydrogen) atoms. The van der Waals surface area contributed by atoms with Crippen LogP contribution in [0.1, 0.15) is 27.2 Å². The van der Waals surface area contributed by atoms with Gasteiger partial charge >= 0.3 is 0 Å². The molecule has 0 fully saturated rings. The summed E-state index contributed by atoms with van der Waals surface area (Å²) in [5, 5.41) is 2.59. The molecule has 0 aromatic carbocycles. The van der Waals surface area contributed by atoms with Gasteiger partial charge in [0.25, 0.3) is 0 Å².